The number of aromatic nitrogens is 1. The first-order valence-electron chi connectivity index (χ1n) is 12.6. The highest BCUT2D eigenvalue weighted by atomic mass is 32.2. The molecule has 1 aliphatic rings. The normalized spacial score (nSPS) is 15.3. The van der Waals surface area contributed by atoms with Crippen LogP contribution >= 0.6 is 11.3 Å². The highest BCUT2D eigenvalue weighted by molar-refractivity contribution is 7.86. The van der Waals surface area contributed by atoms with Crippen LogP contribution in [0.15, 0.2) is 53.9 Å². The average molecular weight is 594 g/mol. The maximum Gasteiger partial charge on any atom is 0.265 e. The lowest BCUT2D eigenvalue weighted by Crippen LogP contribution is -2.36. The van der Waals surface area contributed by atoms with Crippen molar-refractivity contribution in [3.8, 4) is 5.75 Å². The number of rotatable bonds is 11. The molecule has 9 nitrogen and oxygen atoms in total. The third-order valence-electron chi connectivity index (χ3n) is 6.37. The molecule has 0 saturated carbocycles. The number of ether oxygens (including phenoxy) is 1. The number of anilines is 1. The Bertz CT molecular complexity index is 1660. The molecule has 4 rings (SSSR count). The molecule has 2 heterocycles. The second kappa shape index (κ2) is 11.8. The molecule has 0 fully saturated rings. The van der Waals surface area contributed by atoms with Crippen LogP contribution in [0.5, 0.6) is 5.75 Å². The van der Waals surface area contributed by atoms with E-state index in [2.05, 4.69) is 16.7 Å². The number of fused-ring (bicyclic) bond motifs is 2. The lowest BCUT2D eigenvalue weighted by molar-refractivity contribution is -0.668. The van der Waals surface area contributed by atoms with Gasteiger partial charge in [0.15, 0.2) is 12.3 Å². The van der Waals surface area contributed by atoms with Crippen molar-refractivity contribution in [1.82, 2.24) is 0 Å². The highest BCUT2D eigenvalue weighted by Crippen LogP contribution is 2.40. The minimum atomic E-state index is -4.08. The van der Waals surface area contributed by atoms with Crippen molar-refractivity contribution in [3.63, 3.8) is 0 Å². The zero-order chi connectivity index (χ0) is 28.4. The second-order valence-electron chi connectivity index (χ2n) is 9.62. The van der Waals surface area contributed by atoms with E-state index in [-0.39, 0.29) is 24.3 Å². The molecule has 12 heteroatoms. The Kier molecular flexibility index (Phi) is 8.82. The third-order valence-corrected chi connectivity index (χ3v) is 9.09. The van der Waals surface area contributed by atoms with Gasteiger partial charge in [-0.15, -0.1) is 0 Å². The molecule has 0 aliphatic carbocycles. The van der Waals surface area contributed by atoms with E-state index in [1.807, 2.05) is 62.1 Å². The van der Waals surface area contributed by atoms with E-state index in [1.54, 1.807) is 11.3 Å². The maximum atomic E-state index is 11.3. The number of benzene rings is 2. The van der Waals surface area contributed by atoms with Crippen molar-refractivity contribution in [2.45, 2.75) is 46.6 Å². The highest BCUT2D eigenvalue weighted by Gasteiger charge is 2.27. The Hall–Kier alpha value is -2.77. The van der Waals surface area contributed by atoms with Gasteiger partial charge in [0.2, 0.25) is 11.4 Å². The molecule has 3 aromatic rings. The van der Waals surface area contributed by atoms with Crippen LogP contribution in [0, 0.1) is 13.8 Å². The van der Waals surface area contributed by atoms with Crippen molar-refractivity contribution in [2.24, 2.45) is 0 Å². The summed E-state index contributed by atoms with van der Waals surface area (Å²) in [6.45, 7) is 6.77. The minimum Gasteiger partial charge on any atom is -0.439 e. The number of hydrogen-bond donors (Lipinski definition) is 2. The second-order valence-corrected chi connectivity index (χ2v) is 13.8. The summed E-state index contributed by atoms with van der Waals surface area (Å²) in [6.07, 6.45) is 5.15. The van der Waals surface area contributed by atoms with E-state index in [4.69, 9.17) is 4.74 Å². The fourth-order valence-electron chi connectivity index (χ4n) is 4.47. The standard InChI is InChI=1S/C27H32N2O7S3/c1-4-21(17-26-28(11-5-13-38(30,31)32)22-15-19(2)7-9-24(22)36-26)18-27-29(12-6-14-39(33,34)35)23-16-20(3)8-10-25(23)37-27/h7-10,15-18H,4-6,11-14H2,1-3H3,(H-,30,31,32,33,34,35)/p+1. The van der Waals surface area contributed by atoms with Gasteiger partial charge in [0.1, 0.15) is 4.70 Å². The van der Waals surface area contributed by atoms with Crippen molar-refractivity contribution >= 4 is 53.6 Å². The summed E-state index contributed by atoms with van der Waals surface area (Å²) < 4.78 is 73.0. The molecule has 0 spiro atoms. The fourth-order valence-corrected chi connectivity index (χ4v) is 6.60. The summed E-state index contributed by atoms with van der Waals surface area (Å²) in [7, 11) is -8.14. The SMILES string of the molecule is CC/C(C=C1Oc2ccc(C)cc2N1CCCS(=O)(=O)O)=C\c1sc2ccc(C)cc2[n+]1CCCS(=O)(=O)O. The summed E-state index contributed by atoms with van der Waals surface area (Å²) in [5, 5.41) is 0.934. The minimum absolute atomic E-state index is 0.224. The Labute approximate surface area is 233 Å². The Morgan fingerprint density at radius 2 is 1.67 bits per heavy atom. The molecule has 39 heavy (non-hydrogen) atoms. The van der Waals surface area contributed by atoms with Gasteiger partial charge in [-0.1, -0.05) is 30.4 Å². The maximum absolute atomic E-state index is 11.3. The van der Waals surface area contributed by atoms with E-state index in [0.29, 0.717) is 31.1 Å². The molecule has 210 valence electrons. The first-order valence-corrected chi connectivity index (χ1v) is 16.7. The molecule has 2 aromatic carbocycles. The molecule has 2 N–H and O–H groups in total. The zero-order valence-electron chi connectivity index (χ0n) is 22.1. The van der Waals surface area contributed by atoms with Gasteiger partial charge in [0.05, 0.1) is 17.2 Å². The molecule has 0 saturated heterocycles. The number of aryl methyl sites for hydroxylation is 3. The zero-order valence-corrected chi connectivity index (χ0v) is 24.6. The predicted octanol–water partition coefficient (Wildman–Crippen LogP) is 4.90. The van der Waals surface area contributed by atoms with Crippen LogP contribution in [0.25, 0.3) is 16.3 Å². The first-order chi connectivity index (χ1) is 18.3. The van der Waals surface area contributed by atoms with Crippen molar-refractivity contribution in [2.75, 3.05) is 23.0 Å². The van der Waals surface area contributed by atoms with Crippen LogP contribution < -0.4 is 14.2 Å². The summed E-state index contributed by atoms with van der Waals surface area (Å²) in [5.74, 6) is 0.570. The van der Waals surface area contributed by atoms with Gasteiger partial charge in [-0.2, -0.15) is 21.4 Å². The first kappa shape index (κ1) is 29.2. The number of hydrogen-bond acceptors (Lipinski definition) is 7. The monoisotopic (exact) mass is 593 g/mol. The van der Waals surface area contributed by atoms with Gasteiger partial charge in [-0.3, -0.25) is 9.11 Å². The topological polar surface area (TPSA) is 125 Å². The molecule has 0 radical (unpaired) electrons. The van der Waals surface area contributed by atoms with E-state index >= 15 is 0 Å². The molecule has 0 bridgehead atoms. The Morgan fingerprint density at radius 1 is 1.00 bits per heavy atom. The largest absolute Gasteiger partial charge is 0.439 e. The van der Waals surface area contributed by atoms with Gasteiger partial charge >= 0.3 is 0 Å². The number of nitrogens with zero attached hydrogens (tertiary/aromatic N) is 2. The van der Waals surface area contributed by atoms with Gasteiger partial charge in [-0.25, -0.2) is 0 Å². The van der Waals surface area contributed by atoms with E-state index in [0.717, 1.165) is 37.6 Å². The van der Waals surface area contributed by atoms with E-state index in [9.17, 15) is 25.9 Å². The Balaban J connectivity index is 1.71. The Morgan fingerprint density at radius 3 is 2.36 bits per heavy atom. The lowest BCUT2D eigenvalue weighted by atomic mass is 10.1. The van der Waals surface area contributed by atoms with Gasteiger partial charge in [0, 0.05) is 31.2 Å². The van der Waals surface area contributed by atoms with Crippen molar-refractivity contribution < 1.29 is 35.2 Å². The fraction of sp³-hybridized carbons (Fsp3) is 0.370. The van der Waals surface area contributed by atoms with Crippen LogP contribution in [-0.2, 0) is 26.8 Å². The summed E-state index contributed by atoms with van der Waals surface area (Å²) in [4.78, 5) is 1.92. The summed E-state index contributed by atoms with van der Waals surface area (Å²) in [6, 6.07) is 12.0. The third kappa shape index (κ3) is 7.67. The van der Waals surface area contributed by atoms with Crippen LogP contribution in [0.4, 0.5) is 5.69 Å². The summed E-state index contributed by atoms with van der Waals surface area (Å²) >= 11 is 1.60. The van der Waals surface area contributed by atoms with Gasteiger partial charge in [0.25, 0.3) is 25.2 Å². The molecular weight excluding hydrogens is 561 g/mol. The average Bonchev–Trinajstić information content (AvgIpc) is 3.34. The smallest absolute Gasteiger partial charge is 0.265 e. The van der Waals surface area contributed by atoms with Crippen molar-refractivity contribution in [3.05, 3.63) is 70.1 Å². The number of thiazole rings is 1. The van der Waals surface area contributed by atoms with E-state index in [1.165, 1.54) is 0 Å². The van der Waals surface area contributed by atoms with Gasteiger partial charge in [-0.05, 0) is 61.6 Å². The number of allylic oxidation sites excluding steroid dienone is 2. The molecular formula is C27H33N2O7S3+. The van der Waals surface area contributed by atoms with Crippen LogP contribution in [0.3, 0.4) is 0 Å². The molecule has 1 aliphatic heterocycles. The summed E-state index contributed by atoms with van der Waals surface area (Å²) in [5.41, 5.74) is 4.92. The van der Waals surface area contributed by atoms with Crippen LogP contribution in [0.2, 0.25) is 0 Å². The van der Waals surface area contributed by atoms with Crippen LogP contribution in [-0.4, -0.2) is 44.0 Å². The molecule has 1 aromatic heterocycles. The van der Waals surface area contributed by atoms with E-state index < -0.39 is 20.2 Å². The quantitative estimate of drug-likeness (QED) is 0.238. The predicted molar refractivity (Wildman–Crippen MR) is 154 cm³/mol. The lowest BCUT2D eigenvalue weighted by Gasteiger charge is -2.18. The van der Waals surface area contributed by atoms with Crippen LogP contribution in [0.1, 0.15) is 42.3 Å². The molecule has 0 atom stereocenters. The molecule has 0 amide bonds. The van der Waals surface area contributed by atoms with Crippen molar-refractivity contribution in [1.29, 1.82) is 0 Å². The molecule has 0 unspecified atom stereocenters. The van der Waals surface area contributed by atoms with Gasteiger partial charge < -0.3 is 9.64 Å².